The normalized spacial score (nSPS) is 17.9. The molecule has 0 saturated carbocycles. The molecule has 92 valence electrons. The van der Waals surface area contributed by atoms with Gasteiger partial charge in [-0.25, -0.2) is 4.79 Å². The molecule has 0 aliphatic carbocycles. The van der Waals surface area contributed by atoms with Crippen LogP contribution in [-0.2, 0) is 20.9 Å². The second kappa shape index (κ2) is 5.32. The van der Waals surface area contributed by atoms with Crippen LogP contribution in [0.5, 0.6) is 0 Å². The van der Waals surface area contributed by atoms with Crippen molar-refractivity contribution in [3.8, 4) is 6.07 Å². The van der Waals surface area contributed by atoms with Gasteiger partial charge in [-0.15, -0.1) is 0 Å². The number of rotatable bonds is 3. The first-order valence-electron chi connectivity index (χ1n) is 5.64. The van der Waals surface area contributed by atoms with Crippen LogP contribution in [-0.4, -0.2) is 17.9 Å². The average molecular weight is 244 g/mol. The van der Waals surface area contributed by atoms with Crippen molar-refractivity contribution in [3.05, 3.63) is 35.4 Å². The highest BCUT2D eigenvalue weighted by Crippen LogP contribution is 2.10. The van der Waals surface area contributed by atoms with Crippen molar-refractivity contribution in [1.82, 2.24) is 5.32 Å². The third-order valence-corrected chi connectivity index (χ3v) is 2.74. The summed E-state index contributed by atoms with van der Waals surface area (Å²) in [6, 6.07) is 8.30. The van der Waals surface area contributed by atoms with Gasteiger partial charge in [0.2, 0.25) is 5.91 Å². The van der Waals surface area contributed by atoms with E-state index in [2.05, 4.69) is 5.32 Å². The molecule has 0 radical (unpaired) electrons. The van der Waals surface area contributed by atoms with Crippen LogP contribution in [0.1, 0.15) is 24.0 Å². The largest absolute Gasteiger partial charge is 0.459 e. The molecule has 1 aliphatic heterocycles. The van der Waals surface area contributed by atoms with Crippen LogP contribution in [0.2, 0.25) is 0 Å². The molecule has 1 N–H and O–H groups in total. The summed E-state index contributed by atoms with van der Waals surface area (Å²) in [4.78, 5) is 22.6. The van der Waals surface area contributed by atoms with Crippen molar-refractivity contribution >= 4 is 11.9 Å². The predicted molar refractivity (Wildman–Crippen MR) is 62.1 cm³/mol. The maximum absolute atomic E-state index is 11.6. The Morgan fingerprint density at radius 1 is 1.44 bits per heavy atom. The fourth-order valence-electron chi connectivity index (χ4n) is 1.72. The second-order valence-corrected chi connectivity index (χ2v) is 4.08. The van der Waals surface area contributed by atoms with Gasteiger partial charge in [0.15, 0.2) is 0 Å². The molecule has 1 aromatic rings. The number of amides is 1. The molecule has 5 nitrogen and oxygen atoms in total. The first-order valence-corrected chi connectivity index (χ1v) is 5.64. The van der Waals surface area contributed by atoms with Gasteiger partial charge in [-0.1, -0.05) is 12.1 Å². The van der Waals surface area contributed by atoms with Gasteiger partial charge in [-0.2, -0.15) is 5.26 Å². The standard InChI is InChI=1S/C13H12N2O3/c14-7-9-1-3-10(4-2-9)8-18-13(17)11-5-6-12(16)15-11/h1-4,11H,5-6,8H2,(H,15,16)/t11-/m1/s1. The van der Waals surface area contributed by atoms with Gasteiger partial charge in [0, 0.05) is 6.42 Å². The number of nitrogens with one attached hydrogen (secondary N) is 1. The van der Waals surface area contributed by atoms with Gasteiger partial charge in [0.05, 0.1) is 11.6 Å². The number of carbonyl (C=O) groups excluding carboxylic acids is 2. The second-order valence-electron chi connectivity index (χ2n) is 4.08. The van der Waals surface area contributed by atoms with Gasteiger partial charge in [0.25, 0.3) is 0 Å². The number of nitriles is 1. The fraction of sp³-hybridized carbons (Fsp3) is 0.308. The van der Waals surface area contributed by atoms with Gasteiger partial charge in [-0.3, -0.25) is 4.79 Å². The number of carbonyl (C=O) groups is 2. The van der Waals surface area contributed by atoms with Gasteiger partial charge in [-0.05, 0) is 24.1 Å². The Morgan fingerprint density at radius 2 is 2.17 bits per heavy atom. The molecule has 0 bridgehead atoms. The zero-order valence-corrected chi connectivity index (χ0v) is 9.68. The van der Waals surface area contributed by atoms with Crippen LogP contribution in [0, 0.1) is 11.3 Å². The van der Waals surface area contributed by atoms with Crippen LogP contribution >= 0.6 is 0 Å². The lowest BCUT2D eigenvalue weighted by atomic mass is 10.1. The Hall–Kier alpha value is -2.35. The number of esters is 1. The molecule has 1 amide bonds. The molecule has 0 aromatic heterocycles. The first-order chi connectivity index (χ1) is 8.69. The van der Waals surface area contributed by atoms with E-state index in [1.165, 1.54) is 0 Å². The van der Waals surface area contributed by atoms with E-state index in [9.17, 15) is 9.59 Å². The summed E-state index contributed by atoms with van der Waals surface area (Å²) in [5.41, 5.74) is 1.37. The summed E-state index contributed by atoms with van der Waals surface area (Å²) in [6.07, 6.45) is 0.863. The van der Waals surface area contributed by atoms with Crippen molar-refractivity contribution in [2.24, 2.45) is 0 Å². The number of nitrogens with zero attached hydrogens (tertiary/aromatic N) is 1. The molecule has 0 spiro atoms. The Labute approximate surface area is 104 Å². The van der Waals surface area contributed by atoms with E-state index >= 15 is 0 Å². The highest BCUT2D eigenvalue weighted by molar-refractivity contribution is 5.88. The van der Waals surface area contributed by atoms with E-state index < -0.39 is 12.0 Å². The lowest BCUT2D eigenvalue weighted by Gasteiger charge is -2.10. The molecular formula is C13H12N2O3. The number of ether oxygens (including phenoxy) is 1. The molecule has 1 saturated heterocycles. The molecule has 1 heterocycles. The van der Waals surface area contributed by atoms with Crippen LogP contribution in [0.15, 0.2) is 24.3 Å². The lowest BCUT2D eigenvalue weighted by molar-refractivity contribution is -0.147. The Bertz CT molecular complexity index is 502. The van der Waals surface area contributed by atoms with E-state index in [-0.39, 0.29) is 12.5 Å². The van der Waals surface area contributed by atoms with Gasteiger partial charge < -0.3 is 10.1 Å². The highest BCUT2D eigenvalue weighted by Gasteiger charge is 2.28. The summed E-state index contributed by atoms with van der Waals surface area (Å²) in [7, 11) is 0. The van der Waals surface area contributed by atoms with Crippen molar-refractivity contribution in [2.45, 2.75) is 25.5 Å². The molecule has 5 heteroatoms. The minimum Gasteiger partial charge on any atom is -0.459 e. The maximum Gasteiger partial charge on any atom is 0.328 e. The van der Waals surface area contributed by atoms with Crippen molar-refractivity contribution in [1.29, 1.82) is 5.26 Å². The molecular weight excluding hydrogens is 232 g/mol. The fourth-order valence-corrected chi connectivity index (χ4v) is 1.72. The minimum absolute atomic E-state index is 0.115. The quantitative estimate of drug-likeness (QED) is 0.800. The Morgan fingerprint density at radius 3 is 2.72 bits per heavy atom. The molecule has 2 rings (SSSR count). The van der Waals surface area contributed by atoms with E-state index in [1.54, 1.807) is 24.3 Å². The summed E-state index contributed by atoms with van der Waals surface area (Å²) in [6.45, 7) is 0.150. The third kappa shape index (κ3) is 2.86. The van der Waals surface area contributed by atoms with Crippen molar-refractivity contribution in [2.75, 3.05) is 0 Å². The van der Waals surface area contributed by atoms with Crippen molar-refractivity contribution < 1.29 is 14.3 Å². The van der Waals surface area contributed by atoms with Crippen LogP contribution in [0.4, 0.5) is 0 Å². The molecule has 1 fully saturated rings. The first kappa shape index (κ1) is 12.1. The van der Waals surface area contributed by atoms with E-state index in [0.717, 1.165) is 5.56 Å². The number of hydrogen-bond acceptors (Lipinski definition) is 4. The van der Waals surface area contributed by atoms with E-state index in [0.29, 0.717) is 18.4 Å². The molecule has 0 unspecified atom stereocenters. The maximum atomic E-state index is 11.6. The smallest absolute Gasteiger partial charge is 0.328 e. The van der Waals surface area contributed by atoms with E-state index in [4.69, 9.17) is 10.00 Å². The predicted octanol–water partition coefficient (Wildman–Crippen LogP) is 0.880. The summed E-state index contributed by atoms with van der Waals surface area (Å²) in [5.74, 6) is -0.527. The molecule has 18 heavy (non-hydrogen) atoms. The van der Waals surface area contributed by atoms with E-state index in [1.807, 2.05) is 6.07 Å². The lowest BCUT2D eigenvalue weighted by Crippen LogP contribution is -2.34. The SMILES string of the molecule is N#Cc1ccc(COC(=O)[C@H]2CCC(=O)N2)cc1. The summed E-state index contributed by atoms with van der Waals surface area (Å²) in [5, 5.41) is 11.2. The summed E-state index contributed by atoms with van der Waals surface area (Å²) >= 11 is 0. The average Bonchev–Trinajstić information content (AvgIpc) is 2.83. The minimum atomic E-state index is -0.518. The number of hydrogen-bond donors (Lipinski definition) is 1. The van der Waals surface area contributed by atoms with Crippen LogP contribution in [0.25, 0.3) is 0 Å². The molecule has 1 aromatic carbocycles. The van der Waals surface area contributed by atoms with Crippen LogP contribution in [0.3, 0.4) is 0 Å². The third-order valence-electron chi connectivity index (χ3n) is 2.74. The summed E-state index contributed by atoms with van der Waals surface area (Å²) < 4.78 is 5.10. The molecule has 1 atom stereocenters. The number of benzene rings is 1. The van der Waals surface area contributed by atoms with Crippen molar-refractivity contribution in [3.63, 3.8) is 0 Å². The highest BCUT2D eigenvalue weighted by atomic mass is 16.5. The van der Waals surface area contributed by atoms with Crippen LogP contribution < -0.4 is 5.32 Å². The Kier molecular flexibility index (Phi) is 3.58. The Balaban J connectivity index is 1.85. The van der Waals surface area contributed by atoms with Gasteiger partial charge in [0.1, 0.15) is 12.6 Å². The zero-order chi connectivity index (χ0) is 13.0. The topological polar surface area (TPSA) is 79.2 Å². The zero-order valence-electron chi connectivity index (χ0n) is 9.68. The van der Waals surface area contributed by atoms with Gasteiger partial charge >= 0.3 is 5.97 Å². The monoisotopic (exact) mass is 244 g/mol. The molecule has 1 aliphatic rings.